The summed E-state index contributed by atoms with van der Waals surface area (Å²) in [5.41, 5.74) is 1.19. The molecule has 1 aliphatic carbocycles. The zero-order valence-electron chi connectivity index (χ0n) is 11.8. The largest absolute Gasteiger partial charge is 0.294 e. The molecule has 0 aromatic heterocycles. The maximum Gasteiger partial charge on any atom is 0.232 e. The maximum absolute atomic E-state index is 12.2. The molecule has 20 heavy (non-hydrogen) atoms. The highest BCUT2D eigenvalue weighted by atomic mass is 32.2. The number of sulfonamides is 1. The molecule has 0 spiro atoms. The first-order valence-electron chi connectivity index (χ1n) is 7.16. The fourth-order valence-electron chi connectivity index (χ4n) is 2.63. The van der Waals surface area contributed by atoms with Crippen LogP contribution in [0.5, 0.6) is 0 Å². The Hall–Kier alpha value is -1.36. The minimum Gasteiger partial charge on any atom is -0.294 e. The van der Waals surface area contributed by atoms with Crippen molar-refractivity contribution < 1.29 is 13.2 Å². The lowest BCUT2D eigenvalue weighted by atomic mass is 9.96. The standard InChI is InChI=1S/C15H21NO3S/c1-2-11-20(18,19)16-14-9-7-13(8-10-14)15(17)12-5-3-4-6-12/h7-10,12,16H,2-6,11H2,1H3. The molecule has 5 heteroatoms. The van der Waals surface area contributed by atoms with Crippen molar-refractivity contribution in [2.75, 3.05) is 10.5 Å². The molecule has 0 radical (unpaired) electrons. The van der Waals surface area contributed by atoms with Crippen LogP contribution in [0.1, 0.15) is 49.4 Å². The van der Waals surface area contributed by atoms with E-state index in [9.17, 15) is 13.2 Å². The van der Waals surface area contributed by atoms with Crippen molar-refractivity contribution >= 4 is 21.5 Å². The van der Waals surface area contributed by atoms with Crippen LogP contribution in [0.2, 0.25) is 0 Å². The third-order valence-electron chi connectivity index (χ3n) is 3.64. The second-order valence-electron chi connectivity index (χ2n) is 5.34. The molecule has 110 valence electrons. The van der Waals surface area contributed by atoms with E-state index in [0.29, 0.717) is 17.7 Å². The molecule has 0 atom stereocenters. The third-order valence-corrected chi connectivity index (χ3v) is 5.13. The van der Waals surface area contributed by atoms with Gasteiger partial charge in [-0.15, -0.1) is 0 Å². The molecule has 1 aromatic carbocycles. The van der Waals surface area contributed by atoms with Crippen molar-refractivity contribution in [1.82, 2.24) is 0 Å². The number of carbonyl (C=O) groups is 1. The van der Waals surface area contributed by atoms with E-state index in [2.05, 4.69) is 4.72 Å². The van der Waals surface area contributed by atoms with Crippen LogP contribution >= 0.6 is 0 Å². The van der Waals surface area contributed by atoms with Gasteiger partial charge in [0.1, 0.15) is 0 Å². The lowest BCUT2D eigenvalue weighted by Crippen LogP contribution is -2.16. The first kappa shape index (κ1) is 15.0. The average molecular weight is 295 g/mol. The van der Waals surface area contributed by atoms with E-state index in [1.54, 1.807) is 24.3 Å². The van der Waals surface area contributed by atoms with Crippen molar-refractivity contribution in [1.29, 1.82) is 0 Å². The number of Topliss-reactive ketones (excluding diaryl/α,β-unsaturated/α-hetero) is 1. The van der Waals surface area contributed by atoms with Crippen molar-refractivity contribution in [3.8, 4) is 0 Å². The van der Waals surface area contributed by atoms with Crippen molar-refractivity contribution in [2.24, 2.45) is 5.92 Å². The lowest BCUT2D eigenvalue weighted by molar-refractivity contribution is 0.0923. The van der Waals surface area contributed by atoms with Crippen LogP contribution in [0.4, 0.5) is 5.69 Å². The summed E-state index contributed by atoms with van der Waals surface area (Å²) in [6.45, 7) is 1.82. The second kappa shape index (κ2) is 6.39. The van der Waals surface area contributed by atoms with Crippen LogP contribution in [-0.2, 0) is 10.0 Å². The van der Waals surface area contributed by atoms with Crippen LogP contribution in [-0.4, -0.2) is 20.0 Å². The Labute approximate surface area is 120 Å². The average Bonchev–Trinajstić information content (AvgIpc) is 2.92. The van der Waals surface area contributed by atoms with Gasteiger partial charge in [0.15, 0.2) is 5.78 Å². The number of hydrogen-bond acceptors (Lipinski definition) is 3. The molecular weight excluding hydrogens is 274 g/mol. The molecular formula is C15H21NO3S. The van der Waals surface area contributed by atoms with E-state index in [-0.39, 0.29) is 17.5 Å². The molecule has 4 nitrogen and oxygen atoms in total. The molecule has 0 aliphatic heterocycles. The molecule has 0 amide bonds. The Morgan fingerprint density at radius 1 is 1.20 bits per heavy atom. The van der Waals surface area contributed by atoms with Gasteiger partial charge >= 0.3 is 0 Å². The molecule has 2 rings (SSSR count). The van der Waals surface area contributed by atoms with E-state index in [0.717, 1.165) is 25.7 Å². The Balaban J connectivity index is 2.04. The summed E-state index contributed by atoms with van der Waals surface area (Å²) in [5, 5.41) is 0. The highest BCUT2D eigenvalue weighted by molar-refractivity contribution is 7.92. The Kier molecular flexibility index (Phi) is 4.81. The van der Waals surface area contributed by atoms with Gasteiger partial charge in [0, 0.05) is 17.2 Å². The minimum absolute atomic E-state index is 0.107. The fraction of sp³-hybridized carbons (Fsp3) is 0.533. The Morgan fingerprint density at radius 3 is 2.35 bits per heavy atom. The number of hydrogen-bond donors (Lipinski definition) is 1. The first-order valence-corrected chi connectivity index (χ1v) is 8.82. The van der Waals surface area contributed by atoms with Crippen LogP contribution in [0.25, 0.3) is 0 Å². The van der Waals surface area contributed by atoms with Crippen molar-refractivity contribution in [2.45, 2.75) is 39.0 Å². The molecule has 1 fully saturated rings. The smallest absolute Gasteiger partial charge is 0.232 e. The Morgan fingerprint density at radius 2 is 1.80 bits per heavy atom. The monoisotopic (exact) mass is 295 g/mol. The van der Waals surface area contributed by atoms with Gasteiger partial charge in [0.2, 0.25) is 10.0 Å². The summed E-state index contributed by atoms with van der Waals surface area (Å²) >= 11 is 0. The molecule has 0 saturated heterocycles. The maximum atomic E-state index is 12.2. The van der Waals surface area contributed by atoms with Gasteiger partial charge in [-0.1, -0.05) is 19.8 Å². The van der Waals surface area contributed by atoms with Crippen molar-refractivity contribution in [3.05, 3.63) is 29.8 Å². The molecule has 0 heterocycles. The van der Waals surface area contributed by atoms with Gasteiger partial charge in [0.05, 0.1) is 5.75 Å². The number of nitrogens with one attached hydrogen (secondary N) is 1. The predicted octanol–water partition coefficient (Wildman–Crippen LogP) is 3.21. The predicted molar refractivity (Wildman–Crippen MR) is 80.4 cm³/mol. The van der Waals surface area contributed by atoms with Crippen LogP contribution in [0.15, 0.2) is 24.3 Å². The second-order valence-corrected chi connectivity index (χ2v) is 7.19. The normalized spacial score (nSPS) is 16.2. The summed E-state index contributed by atoms with van der Waals surface area (Å²) < 4.78 is 25.8. The number of benzene rings is 1. The lowest BCUT2D eigenvalue weighted by Gasteiger charge is -2.10. The summed E-state index contributed by atoms with van der Waals surface area (Å²) in [4.78, 5) is 12.2. The first-order chi connectivity index (χ1) is 9.52. The topological polar surface area (TPSA) is 63.2 Å². The fourth-order valence-corrected chi connectivity index (χ4v) is 3.76. The van der Waals surface area contributed by atoms with Crippen LogP contribution in [0, 0.1) is 5.92 Å². The molecule has 1 aliphatic rings. The van der Waals surface area contributed by atoms with Crippen molar-refractivity contribution in [3.63, 3.8) is 0 Å². The number of carbonyl (C=O) groups excluding carboxylic acids is 1. The van der Waals surface area contributed by atoms with E-state index in [1.807, 2.05) is 6.92 Å². The highest BCUT2D eigenvalue weighted by Crippen LogP contribution is 2.28. The quantitative estimate of drug-likeness (QED) is 0.820. The van der Waals surface area contributed by atoms with Gasteiger partial charge in [-0.3, -0.25) is 9.52 Å². The summed E-state index contributed by atoms with van der Waals surface area (Å²) in [6.07, 6.45) is 4.79. The number of ketones is 1. The minimum atomic E-state index is -3.27. The summed E-state index contributed by atoms with van der Waals surface area (Å²) in [6, 6.07) is 6.75. The SMILES string of the molecule is CCCS(=O)(=O)Nc1ccc(C(=O)C2CCCC2)cc1. The molecule has 1 N–H and O–H groups in total. The number of anilines is 1. The van der Waals surface area contributed by atoms with Crippen LogP contribution < -0.4 is 4.72 Å². The molecule has 0 bridgehead atoms. The molecule has 1 saturated carbocycles. The van der Waals surface area contributed by atoms with E-state index in [1.165, 1.54) is 0 Å². The third kappa shape index (κ3) is 3.82. The zero-order valence-corrected chi connectivity index (χ0v) is 12.6. The van der Waals surface area contributed by atoms with Gasteiger partial charge in [-0.05, 0) is 43.5 Å². The molecule has 1 aromatic rings. The van der Waals surface area contributed by atoms with Crippen LogP contribution in [0.3, 0.4) is 0 Å². The summed E-state index contributed by atoms with van der Waals surface area (Å²) in [7, 11) is -3.27. The van der Waals surface area contributed by atoms with E-state index >= 15 is 0 Å². The highest BCUT2D eigenvalue weighted by Gasteiger charge is 2.23. The van der Waals surface area contributed by atoms with E-state index < -0.39 is 10.0 Å². The van der Waals surface area contributed by atoms with Gasteiger partial charge < -0.3 is 0 Å². The van der Waals surface area contributed by atoms with Gasteiger partial charge in [-0.25, -0.2) is 8.42 Å². The van der Waals surface area contributed by atoms with Gasteiger partial charge in [0.25, 0.3) is 0 Å². The van der Waals surface area contributed by atoms with E-state index in [4.69, 9.17) is 0 Å². The summed E-state index contributed by atoms with van der Waals surface area (Å²) in [5.74, 6) is 0.443. The number of rotatable bonds is 6. The zero-order chi connectivity index (χ0) is 14.6. The Bertz CT molecular complexity index is 557. The molecule has 0 unspecified atom stereocenters. The van der Waals surface area contributed by atoms with Gasteiger partial charge in [-0.2, -0.15) is 0 Å².